The van der Waals surface area contributed by atoms with E-state index in [0.717, 1.165) is 43.2 Å². The van der Waals surface area contributed by atoms with E-state index in [-0.39, 0.29) is 24.6 Å². The topological polar surface area (TPSA) is 64.3 Å². The van der Waals surface area contributed by atoms with E-state index in [0.29, 0.717) is 23.3 Å². The van der Waals surface area contributed by atoms with Crippen LogP contribution in [0.2, 0.25) is 0 Å². The zero-order valence-corrected chi connectivity index (χ0v) is 19.0. The second kappa shape index (κ2) is 9.22. The standard InChI is InChI=1S/C24H29N3O3S/c1-3-13-25(14-4-2)20(28)16-27-23-21(18-11-8-12-19(18)31-23)22(29)26(24(27)30)15-17-9-6-5-7-10-17/h5-7,9-10H,3-4,8,11-16H2,1-2H3. The number of rotatable bonds is 8. The van der Waals surface area contributed by atoms with Crippen molar-refractivity contribution in [2.45, 2.75) is 59.0 Å². The van der Waals surface area contributed by atoms with Gasteiger partial charge in [-0.15, -0.1) is 11.3 Å². The first-order chi connectivity index (χ1) is 15.0. The minimum absolute atomic E-state index is 0.0240. The summed E-state index contributed by atoms with van der Waals surface area (Å²) in [5, 5.41) is 0.637. The van der Waals surface area contributed by atoms with Crippen molar-refractivity contribution in [3.8, 4) is 0 Å². The highest BCUT2D eigenvalue weighted by molar-refractivity contribution is 7.19. The van der Waals surface area contributed by atoms with Crippen LogP contribution < -0.4 is 11.2 Å². The molecule has 1 amide bonds. The number of benzene rings is 1. The maximum absolute atomic E-state index is 13.5. The van der Waals surface area contributed by atoms with Gasteiger partial charge in [0.2, 0.25) is 5.91 Å². The van der Waals surface area contributed by atoms with Gasteiger partial charge in [0.1, 0.15) is 11.4 Å². The third-order valence-electron chi connectivity index (χ3n) is 5.89. The van der Waals surface area contributed by atoms with Gasteiger partial charge in [0, 0.05) is 18.0 Å². The third kappa shape index (κ3) is 4.11. The van der Waals surface area contributed by atoms with Crippen LogP contribution in [0.15, 0.2) is 39.9 Å². The molecule has 7 heteroatoms. The molecule has 0 unspecified atom stereocenters. The highest BCUT2D eigenvalue weighted by Crippen LogP contribution is 2.35. The Hall–Kier alpha value is -2.67. The second-order valence-electron chi connectivity index (χ2n) is 8.16. The molecule has 6 nitrogen and oxygen atoms in total. The molecule has 0 radical (unpaired) electrons. The number of fused-ring (bicyclic) bond motifs is 3. The molecular weight excluding hydrogens is 410 g/mol. The van der Waals surface area contributed by atoms with Gasteiger partial charge in [-0.3, -0.25) is 18.7 Å². The number of nitrogens with zero attached hydrogens (tertiary/aromatic N) is 3. The number of carbonyl (C=O) groups excluding carboxylic acids is 1. The summed E-state index contributed by atoms with van der Waals surface area (Å²) in [6, 6.07) is 9.53. The van der Waals surface area contributed by atoms with E-state index >= 15 is 0 Å². The Labute approximate surface area is 185 Å². The number of carbonyl (C=O) groups is 1. The van der Waals surface area contributed by atoms with Crippen molar-refractivity contribution in [1.29, 1.82) is 0 Å². The molecule has 4 rings (SSSR count). The lowest BCUT2D eigenvalue weighted by atomic mass is 10.2. The lowest BCUT2D eigenvalue weighted by Gasteiger charge is -2.22. The molecule has 2 aromatic heterocycles. The largest absolute Gasteiger partial charge is 0.341 e. The number of amides is 1. The molecule has 164 valence electrons. The second-order valence-corrected chi connectivity index (χ2v) is 9.25. The van der Waals surface area contributed by atoms with Gasteiger partial charge in [0.25, 0.3) is 5.56 Å². The first-order valence-electron chi connectivity index (χ1n) is 11.1. The molecule has 0 saturated heterocycles. The van der Waals surface area contributed by atoms with Crippen molar-refractivity contribution in [2.24, 2.45) is 0 Å². The molecule has 31 heavy (non-hydrogen) atoms. The van der Waals surface area contributed by atoms with E-state index in [9.17, 15) is 14.4 Å². The summed E-state index contributed by atoms with van der Waals surface area (Å²) in [7, 11) is 0. The zero-order chi connectivity index (χ0) is 22.0. The maximum atomic E-state index is 13.5. The summed E-state index contributed by atoms with van der Waals surface area (Å²) < 4.78 is 2.85. The number of aromatic nitrogens is 2. The summed E-state index contributed by atoms with van der Waals surface area (Å²) in [4.78, 5) is 43.7. The molecule has 0 bridgehead atoms. The lowest BCUT2D eigenvalue weighted by Crippen LogP contribution is -2.43. The van der Waals surface area contributed by atoms with E-state index in [1.165, 1.54) is 20.8 Å². The minimum atomic E-state index is -0.400. The summed E-state index contributed by atoms with van der Waals surface area (Å²) in [6.07, 6.45) is 4.58. The molecule has 0 N–H and O–H groups in total. The van der Waals surface area contributed by atoms with Gasteiger partial charge in [-0.05, 0) is 43.2 Å². The molecular formula is C24H29N3O3S. The van der Waals surface area contributed by atoms with Gasteiger partial charge in [0.05, 0.1) is 11.9 Å². The fourth-order valence-corrected chi connectivity index (χ4v) is 5.81. The maximum Gasteiger partial charge on any atom is 0.332 e. The Kier molecular flexibility index (Phi) is 6.41. The first kappa shape index (κ1) is 21.6. The Morgan fingerprint density at radius 1 is 1.03 bits per heavy atom. The average Bonchev–Trinajstić information content (AvgIpc) is 3.36. The summed E-state index contributed by atoms with van der Waals surface area (Å²) in [5.41, 5.74) is 1.34. The number of hydrogen-bond donors (Lipinski definition) is 0. The predicted molar refractivity (Wildman–Crippen MR) is 125 cm³/mol. The van der Waals surface area contributed by atoms with Crippen LogP contribution in [-0.4, -0.2) is 33.0 Å². The molecule has 0 aliphatic heterocycles. The average molecular weight is 440 g/mol. The number of hydrogen-bond acceptors (Lipinski definition) is 4. The monoisotopic (exact) mass is 439 g/mol. The van der Waals surface area contributed by atoms with Gasteiger partial charge in [-0.25, -0.2) is 4.79 Å². The van der Waals surface area contributed by atoms with Gasteiger partial charge in [0.15, 0.2) is 0 Å². The summed E-state index contributed by atoms with van der Waals surface area (Å²) in [6.45, 7) is 5.63. The van der Waals surface area contributed by atoms with E-state index in [1.54, 1.807) is 4.57 Å². The molecule has 2 heterocycles. The molecule has 1 aromatic carbocycles. The first-order valence-corrected chi connectivity index (χ1v) is 12.0. The molecule has 3 aromatic rings. The normalized spacial score (nSPS) is 13.0. The lowest BCUT2D eigenvalue weighted by molar-refractivity contribution is -0.131. The van der Waals surface area contributed by atoms with Crippen LogP contribution in [0.5, 0.6) is 0 Å². The van der Waals surface area contributed by atoms with Crippen LogP contribution in [0.4, 0.5) is 0 Å². The van der Waals surface area contributed by atoms with Gasteiger partial charge >= 0.3 is 5.69 Å². The van der Waals surface area contributed by atoms with Crippen LogP contribution in [0, 0.1) is 0 Å². The predicted octanol–water partition coefficient (Wildman–Crippen LogP) is 3.41. The van der Waals surface area contributed by atoms with Crippen molar-refractivity contribution in [1.82, 2.24) is 14.0 Å². The molecule has 0 saturated carbocycles. The fraction of sp³-hybridized carbons (Fsp3) is 0.458. The van der Waals surface area contributed by atoms with Crippen molar-refractivity contribution in [3.05, 3.63) is 67.2 Å². The number of aryl methyl sites for hydroxylation is 2. The van der Waals surface area contributed by atoms with Gasteiger partial charge in [-0.2, -0.15) is 0 Å². The Morgan fingerprint density at radius 3 is 2.42 bits per heavy atom. The van der Waals surface area contributed by atoms with Crippen LogP contribution in [-0.2, 0) is 30.7 Å². The Bertz CT molecular complexity index is 1200. The summed E-state index contributed by atoms with van der Waals surface area (Å²) >= 11 is 1.52. The van der Waals surface area contributed by atoms with Crippen LogP contribution in [0.3, 0.4) is 0 Å². The molecule has 0 spiro atoms. The molecule has 1 aliphatic carbocycles. The zero-order valence-electron chi connectivity index (χ0n) is 18.2. The van der Waals surface area contributed by atoms with Crippen LogP contribution in [0.1, 0.15) is 49.1 Å². The third-order valence-corrected chi connectivity index (χ3v) is 7.20. The van der Waals surface area contributed by atoms with E-state index in [2.05, 4.69) is 0 Å². The fourth-order valence-electron chi connectivity index (χ4n) is 4.44. The molecule has 1 aliphatic rings. The highest BCUT2D eigenvalue weighted by atomic mass is 32.1. The van der Waals surface area contributed by atoms with E-state index in [1.807, 2.05) is 49.1 Å². The van der Waals surface area contributed by atoms with Crippen LogP contribution in [0.25, 0.3) is 10.2 Å². The van der Waals surface area contributed by atoms with E-state index < -0.39 is 5.69 Å². The highest BCUT2D eigenvalue weighted by Gasteiger charge is 2.26. The Balaban J connectivity index is 1.85. The van der Waals surface area contributed by atoms with Crippen molar-refractivity contribution >= 4 is 27.5 Å². The smallest absolute Gasteiger partial charge is 0.332 e. The van der Waals surface area contributed by atoms with Crippen molar-refractivity contribution < 1.29 is 4.79 Å². The van der Waals surface area contributed by atoms with E-state index in [4.69, 9.17) is 0 Å². The van der Waals surface area contributed by atoms with Crippen LogP contribution >= 0.6 is 11.3 Å². The molecule has 0 fully saturated rings. The quantitative estimate of drug-likeness (QED) is 0.540. The van der Waals surface area contributed by atoms with Gasteiger partial charge in [-0.1, -0.05) is 44.2 Å². The van der Waals surface area contributed by atoms with Gasteiger partial charge < -0.3 is 4.90 Å². The number of thiophene rings is 1. The Morgan fingerprint density at radius 2 is 1.74 bits per heavy atom. The molecule has 0 atom stereocenters. The summed E-state index contributed by atoms with van der Waals surface area (Å²) in [5.74, 6) is -0.0643. The minimum Gasteiger partial charge on any atom is -0.341 e. The van der Waals surface area contributed by atoms with Crippen molar-refractivity contribution in [2.75, 3.05) is 13.1 Å². The SMILES string of the molecule is CCCN(CCC)C(=O)Cn1c(=O)n(Cc2ccccc2)c(=O)c2c3c(sc21)CCC3. The van der Waals surface area contributed by atoms with Crippen molar-refractivity contribution in [3.63, 3.8) is 0 Å².